The van der Waals surface area contributed by atoms with Crippen LogP contribution < -0.4 is 10.2 Å². The van der Waals surface area contributed by atoms with Gasteiger partial charge in [0, 0.05) is 38.4 Å². The number of anilines is 1. The monoisotopic (exact) mass is 375 g/mol. The van der Waals surface area contributed by atoms with Crippen LogP contribution in [0.2, 0.25) is 5.02 Å². The molecule has 0 bridgehead atoms. The highest BCUT2D eigenvalue weighted by Gasteiger charge is 2.17. The SMILES string of the molecule is O=C(NCCCN1CCN(c2ccccc2)CC1)c1ccc(F)cc1Cl. The zero-order chi connectivity index (χ0) is 18.4. The molecule has 0 saturated carbocycles. The molecule has 0 unspecified atom stereocenters. The highest BCUT2D eigenvalue weighted by molar-refractivity contribution is 6.33. The second-order valence-corrected chi connectivity index (χ2v) is 6.81. The summed E-state index contributed by atoms with van der Waals surface area (Å²) < 4.78 is 13.0. The maximum atomic E-state index is 13.0. The van der Waals surface area contributed by atoms with Crippen molar-refractivity contribution in [3.63, 3.8) is 0 Å². The first-order valence-corrected chi connectivity index (χ1v) is 9.27. The van der Waals surface area contributed by atoms with Gasteiger partial charge in [0.2, 0.25) is 0 Å². The molecule has 4 nitrogen and oxygen atoms in total. The number of piperazine rings is 1. The van der Waals surface area contributed by atoms with Crippen molar-refractivity contribution >= 4 is 23.2 Å². The van der Waals surface area contributed by atoms with Gasteiger partial charge in [-0.1, -0.05) is 29.8 Å². The van der Waals surface area contributed by atoms with Crippen LogP contribution in [-0.2, 0) is 0 Å². The van der Waals surface area contributed by atoms with E-state index in [2.05, 4.69) is 39.4 Å². The molecule has 1 fully saturated rings. The van der Waals surface area contributed by atoms with Crippen LogP contribution in [0.3, 0.4) is 0 Å². The molecule has 1 aliphatic rings. The highest BCUT2D eigenvalue weighted by Crippen LogP contribution is 2.17. The summed E-state index contributed by atoms with van der Waals surface area (Å²) in [6.07, 6.45) is 0.871. The third kappa shape index (κ3) is 4.96. The number of carbonyl (C=O) groups excluding carboxylic acids is 1. The number of benzene rings is 2. The smallest absolute Gasteiger partial charge is 0.252 e. The first-order chi connectivity index (χ1) is 12.6. The molecule has 1 heterocycles. The number of para-hydroxylation sites is 1. The molecule has 0 aliphatic carbocycles. The number of nitrogens with zero attached hydrogens (tertiary/aromatic N) is 2. The van der Waals surface area contributed by atoms with Crippen LogP contribution in [0, 0.1) is 5.82 Å². The minimum absolute atomic E-state index is 0.138. The van der Waals surface area contributed by atoms with Crippen molar-refractivity contribution in [2.45, 2.75) is 6.42 Å². The number of hydrogen-bond acceptors (Lipinski definition) is 3. The Bertz CT molecular complexity index is 733. The fourth-order valence-electron chi connectivity index (χ4n) is 3.14. The maximum absolute atomic E-state index is 13.0. The summed E-state index contributed by atoms with van der Waals surface area (Å²) in [4.78, 5) is 16.9. The van der Waals surface area contributed by atoms with Gasteiger partial charge in [-0.25, -0.2) is 4.39 Å². The summed E-state index contributed by atoms with van der Waals surface area (Å²) in [6, 6.07) is 14.3. The first kappa shape index (κ1) is 18.7. The van der Waals surface area contributed by atoms with E-state index in [1.807, 2.05) is 6.07 Å². The third-order valence-corrected chi connectivity index (χ3v) is 4.92. The van der Waals surface area contributed by atoms with Crippen LogP contribution in [0.5, 0.6) is 0 Å². The predicted molar refractivity (Wildman–Crippen MR) is 103 cm³/mol. The number of carbonyl (C=O) groups is 1. The largest absolute Gasteiger partial charge is 0.369 e. The van der Waals surface area contributed by atoms with E-state index in [1.165, 1.54) is 17.8 Å². The van der Waals surface area contributed by atoms with Gasteiger partial charge in [-0.2, -0.15) is 0 Å². The number of nitrogens with one attached hydrogen (secondary N) is 1. The van der Waals surface area contributed by atoms with Crippen LogP contribution in [-0.4, -0.2) is 50.1 Å². The minimum Gasteiger partial charge on any atom is -0.369 e. The number of hydrogen-bond donors (Lipinski definition) is 1. The summed E-state index contributed by atoms with van der Waals surface area (Å²) in [5, 5.41) is 2.99. The topological polar surface area (TPSA) is 35.6 Å². The van der Waals surface area contributed by atoms with Crippen molar-refractivity contribution in [1.29, 1.82) is 0 Å². The van der Waals surface area contributed by atoms with E-state index in [-0.39, 0.29) is 10.9 Å². The van der Waals surface area contributed by atoms with Gasteiger partial charge in [-0.05, 0) is 43.3 Å². The molecule has 0 atom stereocenters. The van der Waals surface area contributed by atoms with E-state index >= 15 is 0 Å². The van der Waals surface area contributed by atoms with E-state index in [0.717, 1.165) is 45.2 Å². The fraction of sp³-hybridized carbons (Fsp3) is 0.350. The third-order valence-electron chi connectivity index (χ3n) is 4.61. The van der Waals surface area contributed by atoms with Crippen molar-refractivity contribution in [3.05, 3.63) is 64.9 Å². The molecule has 1 aliphatic heterocycles. The zero-order valence-corrected chi connectivity index (χ0v) is 15.4. The van der Waals surface area contributed by atoms with E-state index in [0.29, 0.717) is 12.1 Å². The number of halogens is 2. The van der Waals surface area contributed by atoms with Crippen molar-refractivity contribution in [3.8, 4) is 0 Å². The second kappa shape index (κ2) is 9.01. The lowest BCUT2D eigenvalue weighted by molar-refractivity contribution is 0.0951. The molecular weight excluding hydrogens is 353 g/mol. The van der Waals surface area contributed by atoms with Gasteiger partial charge < -0.3 is 10.2 Å². The van der Waals surface area contributed by atoms with Gasteiger partial charge in [-0.3, -0.25) is 9.69 Å². The Morgan fingerprint density at radius 2 is 1.81 bits per heavy atom. The lowest BCUT2D eigenvalue weighted by atomic mass is 10.2. The van der Waals surface area contributed by atoms with E-state index < -0.39 is 5.82 Å². The molecule has 1 N–H and O–H groups in total. The van der Waals surface area contributed by atoms with Gasteiger partial charge in [0.1, 0.15) is 5.82 Å². The molecule has 0 aromatic heterocycles. The first-order valence-electron chi connectivity index (χ1n) is 8.89. The number of amides is 1. The molecule has 0 radical (unpaired) electrons. The van der Waals surface area contributed by atoms with E-state index in [9.17, 15) is 9.18 Å². The second-order valence-electron chi connectivity index (χ2n) is 6.40. The van der Waals surface area contributed by atoms with Gasteiger partial charge in [-0.15, -0.1) is 0 Å². The average molecular weight is 376 g/mol. The molecule has 0 spiro atoms. The Balaban J connectivity index is 1.36. The quantitative estimate of drug-likeness (QED) is 0.786. The molecular formula is C20H23ClFN3O. The molecule has 26 heavy (non-hydrogen) atoms. The highest BCUT2D eigenvalue weighted by atomic mass is 35.5. The number of rotatable bonds is 6. The molecule has 1 amide bonds. The van der Waals surface area contributed by atoms with E-state index in [4.69, 9.17) is 11.6 Å². The van der Waals surface area contributed by atoms with Crippen molar-refractivity contribution < 1.29 is 9.18 Å². The van der Waals surface area contributed by atoms with Crippen molar-refractivity contribution in [2.24, 2.45) is 0 Å². The molecule has 6 heteroatoms. The maximum Gasteiger partial charge on any atom is 0.252 e. The minimum atomic E-state index is -0.443. The van der Waals surface area contributed by atoms with Crippen LogP contribution in [0.4, 0.5) is 10.1 Å². The lowest BCUT2D eigenvalue weighted by Gasteiger charge is -2.36. The molecule has 138 valence electrons. The summed E-state index contributed by atoms with van der Waals surface area (Å²) in [5.41, 5.74) is 1.58. The Morgan fingerprint density at radius 1 is 1.08 bits per heavy atom. The molecule has 2 aromatic rings. The van der Waals surface area contributed by atoms with Crippen LogP contribution >= 0.6 is 11.6 Å². The lowest BCUT2D eigenvalue weighted by Crippen LogP contribution is -2.47. The molecule has 2 aromatic carbocycles. The van der Waals surface area contributed by atoms with Gasteiger partial charge in [0.25, 0.3) is 5.91 Å². The normalized spacial score (nSPS) is 15.1. The van der Waals surface area contributed by atoms with Gasteiger partial charge in [0.15, 0.2) is 0 Å². The standard InChI is InChI=1S/C20H23ClFN3O/c21-19-15-16(22)7-8-18(19)20(26)23-9-4-10-24-11-13-25(14-12-24)17-5-2-1-3-6-17/h1-3,5-8,15H,4,9-14H2,(H,23,26). The predicted octanol–water partition coefficient (Wildman–Crippen LogP) is 3.42. The van der Waals surface area contributed by atoms with Crippen molar-refractivity contribution in [2.75, 3.05) is 44.2 Å². The zero-order valence-electron chi connectivity index (χ0n) is 14.6. The summed E-state index contributed by atoms with van der Waals surface area (Å²) in [7, 11) is 0. The van der Waals surface area contributed by atoms with Crippen molar-refractivity contribution in [1.82, 2.24) is 10.2 Å². The van der Waals surface area contributed by atoms with Crippen LogP contribution in [0.25, 0.3) is 0 Å². The Labute approximate surface area is 158 Å². The van der Waals surface area contributed by atoms with Crippen LogP contribution in [0.15, 0.2) is 48.5 Å². The molecule has 3 rings (SSSR count). The molecule has 1 saturated heterocycles. The Kier molecular flexibility index (Phi) is 6.47. The van der Waals surface area contributed by atoms with Gasteiger partial charge >= 0.3 is 0 Å². The summed E-state index contributed by atoms with van der Waals surface area (Å²) in [5.74, 6) is -0.704. The fourth-order valence-corrected chi connectivity index (χ4v) is 3.39. The Hall–Kier alpha value is -2.11. The Morgan fingerprint density at radius 3 is 2.50 bits per heavy atom. The summed E-state index contributed by atoms with van der Waals surface area (Å²) >= 11 is 5.91. The van der Waals surface area contributed by atoms with Crippen LogP contribution in [0.1, 0.15) is 16.8 Å². The van der Waals surface area contributed by atoms with E-state index in [1.54, 1.807) is 0 Å². The summed E-state index contributed by atoms with van der Waals surface area (Å²) in [6.45, 7) is 5.59. The average Bonchev–Trinajstić information content (AvgIpc) is 2.66. The van der Waals surface area contributed by atoms with Gasteiger partial charge in [0.05, 0.1) is 10.6 Å².